The molecule has 0 fully saturated rings. The first-order chi connectivity index (χ1) is 8.50. The van der Waals surface area contributed by atoms with Crippen LogP contribution in [0.25, 0.3) is 0 Å². The number of sulfone groups is 1. The summed E-state index contributed by atoms with van der Waals surface area (Å²) in [7, 11) is -0.184. The Morgan fingerprint density at radius 1 is 1.11 bits per heavy atom. The Hall–Kier alpha value is -1.64. The van der Waals surface area contributed by atoms with Crippen molar-refractivity contribution in [1.82, 2.24) is 15.0 Å². The number of nitrogens with zero attached hydrogens (tertiary/aromatic N) is 3. The van der Waals surface area contributed by atoms with Gasteiger partial charge in [0.1, 0.15) is 0 Å². The third kappa shape index (κ3) is 4.32. The summed E-state index contributed by atoms with van der Waals surface area (Å²) in [6.07, 6.45) is 0. The van der Waals surface area contributed by atoms with E-state index in [2.05, 4.69) is 20.3 Å². The zero-order chi connectivity index (χ0) is 13.6. The van der Waals surface area contributed by atoms with Crippen LogP contribution in [0.5, 0.6) is 12.0 Å². The molecule has 0 atom stereocenters. The van der Waals surface area contributed by atoms with E-state index in [0.29, 0.717) is 0 Å². The highest BCUT2D eigenvalue weighted by Crippen LogP contribution is 2.11. The number of hydrogen-bond donors (Lipinski definition) is 1. The molecule has 1 heterocycles. The average Bonchev–Trinajstić information content (AvgIpc) is 2.38. The molecule has 0 aliphatic rings. The van der Waals surface area contributed by atoms with E-state index in [1.54, 1.807) is 6.92 Å². The fourth-order valence-electron chi connectivity index (χ4n) is 1.06. The summed E-state index contributed by atoms with van der Waals surface area (Å²) >= 11 is 0. The number of ether oxygens (including phenoxy) is 2. The predicted octanol–water partition coefficient (Wildman–Crippen LogP) is -0.265. The summed E-state index contributed by atoms with van der Waals surface area (Å²) in [5.41, 5.74) is 0. The summed E-state index contributed by atoms with van der Waals surface area (Å²) in [6, 6.07) is 0.199. The van der Waals surface area contributed by atoms with Crippen LogP contribution in [0, 0.1) is 0 Å². The molecule has 0 aliphatic heterocycles. The lowest BCUT2D eigenvalue weighted by Crippen LogP contribution is -2.18. The molecule has 0 bridgehead atoms. The van der Waals surface area contributed by atoms with Gasteiger partial charge in [0.15, 0.2) is 9.84 Å². The van der Waals surface area contributed by atoms with Crippen LogP contribution in [0.15, 0.2) is 0 Å². The van der Waals surface area contributed by atoms with Crippen LogP contribution in [-0.4, -0.2) is 55.6 Å². The van der Waals surface area contributed by atoms with Crippen molar-refractivity contribution in [3.05, 3.63) is 0 Å². The molecule has 0 aromatic carbocycles. The smallest absolute Gasteiger partial charge is 0.324 e. The van der Waals surface area contributed by atoms with Gasteiger partial charge in [0.05, 0.1) is 20.0 Å². The van der Waals surface area contributed by atoms with Crippen LogP contribution in [0.2, 0.25) is 0 Å². The van der Waals surface area contributed by atoms with Gasteiger partial charge in [-0.2, -0.15) is 9.97 Å². The summed E-state index contributed by atoms with van der Waals surface area (Å²) in [4.78, 5) is 11.6. The van der Waals surface area contributed by atoms with E-state index >= 15 is 0 Å². The summed E-state index contributed by atoms with van der Waals surface area (Å²) in [5, 5.41) is 2.78. The molecule has 0 saturated carbocycles. The molecule has 1 rings (SSSR count). The van der Waals surface area contributed by atoms with Gasteiger partial charge in [-0.1, -0.05) is 6.92 Å². The van der Waals surface area contributed by atoms with Crippen LogP contribution in [0.4, 0.5) is 5.95 Å². The first-order valence-electron chi connectivity index (χ1n) is 5.29. The zero-order valence-corrected chi connectivity index (χ0v) is 11.3. The van der Waals surface area contributed by atoms with E-state index in [1.807, 2.05) is 0 Å². The standard InChI is InChI=1S/C9H16N4O4S/c1-4-18(14,15)6-5-10-7-11-8(16-2)13-9(12-7)17-3/h4-6H2,1-3H3,(H,10,11,12,13). The number of aromatic nitrogens is 3. The van der Waals surface area contributed by atoms with Gasteiger partial charge >= 0.3 is 12.0 Å². The second-order valence-corrected chi connectivity index (χ2v) is 5.77. The van der Waals surface area contributed by atoms with E-state index < -0.39 is 9.84 Å². The largest absolute Gasteiger partial charge is 0.467 e. The maximum atomic E-state index is 11.3. The minimum Gasteiger partial charge on any atom is -0.467 e. The van der Waals surface area contributed by atoms with Crippen LogP contribution in [0.3, 0.4) is 0 Å². The summed E-state index contributed by atoms with van der Waals surface area (Å²) in [6.45, 7) is 1.82. The monoisotopic (exact) mass is 276 g/mol. The van der Waals surface area contributed by atoms with Crippen LogP contribution in [-0.2, 0) is 9.84 Å². The van der Waals surface area contributed by atoms with Crippen molar-refractivity contribution in [2.24, 2.45) is 0 Å². The number of rotatable bonds is 7. The summed E-state index contributed by atoms with van der Waals surface area (Å²) in [5.74, 6) is 0.336. The molecule has 8 nitrogen and oxygen atoms in total. The van der Waals surface area contributed by atoms with Gasteiger partial charge in [-0.15, -0.1) is 4.98 Å². The first-order valence-corrected chi connectivity index (χ1v) is 7.11. The Morgan fingerprint density at radius 3 is 2.11 bits per heavy atom. The van der Waals surface area contributed by atoms with Gasteiger partial charge in [-0.25, -0.2) is 8.42 Å². The van der Waals surface area contributed by atoms with Crippen molar-refractivity contribution in [3.63, 3.8) is 0 Å². The molecule has 102 valence electrons. The minimum absolute atomic E-state index is 0.0137. The molecular formula is C9H16N4O4S. The molecule has 18 heavy (non-hydrogen) atoms. The fourth-order valence-corrected chi connectivity index (χ4v) is 1.76. The van der Waals surface area contributed by atoms with Gasteiger partial charge in [-0.3, -0.25) is 0 Å². The Balaban J connectivity index is 2.67. The summed E-state index contributed by atoms with van der Waals surface area (Å²) < 4.78 is 32.3. The molecule has 9 heteroatoms. The van der Waals surface area contributed by atoms with Crippen molar-refractivity contribution < 1.29 is 17.9 Å². The van der Waals surface area contributed by atoms with E-state index in [-0.39, 0.29) is 36.0 Å². The van der Waals surface area contributed by atoms with E-state index in [9.17, 15) is 8.42 Å². The van der Waals surface area contributed by atoms with Gasteiger partial charge in [-0.05, 0) is 0 Å². The lowest BCUT2D eigenvalue weighted by atomic mass is 10.7. The molecule has 0 saturated heterocycles. The molecule has 0 spiro atoms. The SMILES string of the molecule is CCS(=O)(=O)CCNc1nc(OC)nc(OC)n1. The molecule has 0 aliphatic carbocycles. The van der Waals surface area contributed by atoms with Gasteiger partial charge < -0.3 is 14.8 Å². The fraction of sp³-hybridized carbons (Fsp3) is 0.667. The predicted molar refractivity (Wildman–Crippen MR) is 65.7 cm³/mol. The molecular weight excluding hydrogens is 260 g/mol. The van der Waals surface area contributed by atoms with Crippen molar-refractivity contribution in [2.45, 2.75) is 6.92 Å². The van der Waals surface area contributed by atoms with Crippen LogP contribution < -0.4 is 14.8 Å². The minimum atomic E-state index is -3.02. The molecule has 1 aromatic rings. The van der Waals surface area contributed by atoms with Crippen molar-refractivity contribution in [1.29, 1.82) is 0 Å². The Kier molecular flexibility index (Phi) is 5.08. The Bertz CT molecular complexity index is 469. The van der Waals surface area contributed by atoms with Gasteiger partial charge in [0, 0.05) is 12.3 Å². The van der Waals surface area contributed by atoms with E-state index in [1.165, 1.54) is 14.2 Å². The highest BCUT2D eigenvalue weighted by Gasteiger charge is 2.09. The Labute approximate surface area is 106 Å². The van der Waals surface area contributed by atoms with Gasteiger partial charge in [0.2, 0.25) is 5.95 Å². The zero-order valence-electron chi connectivity index (χ0n) is 10.5. The van der Waals surface area contributed by atoms with E-state index in [0.717, 1.165) is 0 Å². The van der Waals surface area contributed by atoms with Crippen molar-refractivity contribution in [3.8, 4) is 12.0 Å². The maximum absolute atomic E-state index is 11.3. The van der Waals surface area contributed by atoms with Crippen molar-refractivity contribution in [2.75, 3.05) is 37.6 Å². The molecule has 1 aromatic heterocycles. The lowest BCUT2D eigenvalue weighted by Gasteiger charge is -2.07. The first kappa shape index (κ1) is 14.4. The lowest BCUT2D eigenvalue weighted by molar-refractivity contribution is 0.341. The average molecular weight is 276 g/mol. The number of anilines is 1. The van der Waals surface area contributed by atoms with Crippen LogP contribution >= 0.6 is 0 Å². The second kappa shape index (κ2) is 6.34. The Morgan fingerprint density at radius 2 is 1.67 bits per heavy atom. The number of hydrogen-bond acceptors (Lipinski definition) is 8. The third-order valence-electron chi connectivity index (χ3n) is 2.10. The molecule has 0 unspecified atom stereocenters. The maximum Gasteiger partial charge on any atom is 0.324 e. The highest BCUT2D eigenvalue weighted by molar-refractivity contribution is 7.91. The van der Waals surface area contributed by atoms with Crippen LogP contribution in [0.1, 0.15) is 6.92 Å². The molecule has 0 amide bonds. The number of methoxy groups -OCH3 is 2. The normalized spacial score (nSPS) is 11.1. The molecule has 1 N–H and O–H groups in total. The van der Waals surface area contributed by atoms with E-state index in [4.69, 9.17) is 9.47 Å². The topological polar surface area (TPSA) is 103 Å². The van der Waals surface area contributed by atoms with Gasteiger partial charge in [0.25, 0.3) is 0 Å². The highest BCUT2D eigenvalue weighted by atomic mass is 32.2. The molecule has 0 radical (unpaired) electrons. The second-order valence-electron chi connectivity index (χ2n) is 3.30. The van der Waals surface area contributed by atoms with Crippen molar-refractivity contribution >= 4 is 15.8 Å². The number of nitrogens with one attached hydrogen (secondary N) is 1. The quantitative estimate of drug-likeness (QED) is 0.726. The third-order valence-corrected chi connectivity index (χ3v) is 3.80.